The molecule has 126 valence electrons. The molecule has 3 rings (SSSR count). The quantitative estimate of drug-likeness (QED) is 0.940. The van der Waals surface area contributed by atoms with Crippen molar-refractivity contribution in [2.24, 2.45) is 0 Å². The number of methoxy groups -OCH3 is 1. The largest absolute Gasteiger partial charge is 0.497 e. The summed E-state index contributed by atoms with van der Waals surface area (Å²) in [5, 5.41) is 2.97. The average Bonchev–Trinajstić information content (AvgIpc) is 2.67. The van der Waals surface area contributed by atoms with Gasteiger partial charge in [-0.3, -0.25) is 0 Å². The number of amides is 2. The fraction of sp³-hybridized carbons (Fsp3) is 0.316. The van der Waals surface area contributed by atoms with Crippen LogP contribution in [0.25, 0.3) is 0 Å². The van der Waals surface area contributed by atoms with E-state index in [0.717, 1.165) is 16.9 Å². The van der Waals surface area contributed by atoms with Gasteiger partial charge in [-0.15, -0.1) is 0 Å². The molecule has 24 heavy (non-hydrogen) atoms. The first-order valence-corrected chi connectivity index (χ1v) is 8.08. The molecule has 0 unspecified atom stereocenters. The van der Waals surface area contributed by atoms with Gasteiger partial charge in [0.15, 0.2) is 0 Å². The van der Waals surface area contributed by atoms with Gasteiger partial charge in [0.05, 0.1) is 20.3 Å². The second kappa shape index (κ2) is 7.84. The number of ether oxygens (including phenoxy) is 2. The molecule has 2 aromatic carbocycles. The molecule has 0 aromatic heterocycles. The lowest BCUT2D eigenvalue weighted by Gasteiger charge is -2.33. The Morgan fingerprint density at radius 1 is 1.21 bits per heavy atom. The van der Waals surface area contributed by atoms with Gasteiger partial charge in [-0.25, -0.2) is 4.79 Å². The molecule has 2 aromatic rings. The number of morpholine rings is 1. The third-order valence-electron chi connectivity index (χ3n) is 4.13. The number of nitrogens with one attached hydrogen (secondary N) is 1. The van der Waals surface area contributed by atoms with E-state index in [0.29, 0.717) is 26.2 Å². The number of hydrogen-bond donors (Lipinski definition) is 1. The predicted molar refractivity (Wildman–Crippen MR) is 91.9 cm³/mol. The van der Waals surface area contributed by atoms with E-state index in [1.54, 1.807) is 7.11 Å². The molecule has 1 N–H and O–H groups in total. The minimum Gasteiger partial charge on any atom is -0.497 e. The topological polar surface area (TPSA) is 50.8 Å². The summed E-state index contributed by atoms with van der Waals surface area (Å²) in [7, 11) is 1.64. The van der Waals surface area contributed by atoms with Crippen LogP contribution >= 0.6 is 0 Å². The third kappa shape index (κ3) is 4.06. The third-order valence-corrected chi connectivity index (χ3v) is 4.13. The Morgan fingerprint density at radius 2 is 1.96 bits per heavy atom. The molecule has 1 aliphatic rings. The highest BCUT2D eigenvalue weighted by Gasteiger charge is 2.25. The highest BCUT2D eigenvalue weighted by Crippen LogP contribution is 2.22. The number of carbonyl (C=O) groups is 1. The highest BCUT2D eigenvalue weighted by atomic mass is 16.5. The van der Waals surface area contributed by atoms with Crippen molar-refractivity contribution in [1.82, 2.24) is 10.2 Å². The summed E-state index contributed by atoms with van der Waals surface area (Å²) < 4.78 is 10.9. The molecule has 1 heterocycles. The molecule has 5 nitrogen and oxygen atoms in total. The molecular formula is C19H22N2O3. The van der Waals surface area contributed by atoms with Gasteiger partial charge in [0.2, 0.25) is 0 Å². The Hall–Kier alpha value is -2.53. The Kier molecular flexibility index (Phi) is 5.33. The van der Waals surface area contributed by atoms with E-state index in [-0.39, 0.29) is 12.1 Å². The van der Waals surface area contributed by atoms with E-state index >= 15 is 0 Å². The van der Waals surface area contributed by atoms with Gasteiger partial charge < -0.3 is 19.7 Å². The zero-order chi connectivity index (χ0) is 16.8. The Labute approximate surface area is 142 Å². The second-order valence-corrected chi connectivity index (χ2v) is 5.72. The lowest BCUT2D eigenvalue weighted by molar-refractivity contribution is -0.0154. The molecule has 1 saturated heterocycles. The van der Waals surface area contributed by atoms with Crippen molar-refractivity contribution < 1.29 is 14.3 Å². The minimum absolute atomic E-state index is 0.0601. The molecule has 0 radical (unpaired) electrons. The van der Waals surface area contributed by atoms with E-state index in [4.69, 9.17) is 9.47 Å². The maximum Gasteiger partial charge on any atom is 0.317 e. The fourth-order valence-corrected chi connectivity index (χ4v) is 2.74. The van der Waals surface area contributed by atoms with Crippen molar-refractivity contribution in [3.63, 3.8) is 0 Å². The summed E-state index contributed by atoms with van der Waals surface area (Å²) in [6.45, 7) is 2.22. The normalized spacial score (nSPS) is 17.4. The first-order chi connectivity index (χ1) is 11.8. The van der Waals surface area contributed by atoms with Crippen LogP contribution in [0.4, 0.5) is 4.79 Å². The summed E-state index contributed by atoms with van der Waals surface area (Å²) >= 11 is 0. The zero-order valence-corrected chi connectivity index (χ0v) is 13.8. The van der Waals surface area contributed by atoms with Gasteiger partial charge in [0, 0.05) is 13.1 Å². The molecule has 0 bridgehead atoms. The summed E-state index contributed by atoms with van der Waals surface area (Å²) in [6, 6.07) is 17.6. The SMILES string of the molecule is COc1ccc(CNC(=O)N2CCO[C@@H](c3ccccc3)C2)cc1. The molecule has 5 heteroatoms. The Bertz CT molecular complexity index is 658. The second-order valence-electron chi connectivity index (χ2n) is 5.72. The van der Waals surface area contributed by atoms with E-state index in [1.807, 2.05) is 59.5 Å². The van der Waals surface area contributed by atoms with Crippen molar-refractivity contribution >= 4 is 6.03 Å². The number of carbonyl (C=O) groups excluding carboxylic acids is 1. The van der Waals surface area contributed by atoms with Crippen LogP contribution in [0, 0.1) is 0 Å². The van der Waals surface area contributed by atoms with E-state index in [1.165, 1.54) is 0 Å². The van der Waals surface area contributed by atoms with Crippen LogP contribution in [-0.4, -0.2) is 37.7 Å². The maximum absolute atomic E-state index is 12.4. The lowest BCUT2D eigenvalue weighted by atomic mass is 10.1. The first-order valence-electron chi connectivity index (χ1n) is 8.08. The van der Waals surface area contributed by atoms with Gasteiger partial charge in [-0.1, -0.05) is 42.5 Å². The minimum atomic E-state index is -0.0633. The van der Waals surface area contributed by atoms with Crippen molar-refractivity contribution in [2.45, 2.75) is 12.6 Å². The summed E-state index contributed by atoms with van der Waals surface area (Å²) in [5.74, 6) is 0.809. The fourth-order valence-electron chi connectivity index (χ4n) is 2.74. The lowest BCUT2D eigenvalue weighted by Crippen LogP contribution is -2.46. The molecule has 2 amide bonds. The van der Waals surface area contributed by atoms with Crippen LogP contribution in [0.3, 0.4) is 0 Å². The number of nitrogens with zero attached hydrogens (tertiary/aromatic N) is 1. The molecule has 0 saturated carbocycles. The zero-order valence-electron chi connectivity index (χ0n) is 13.8. The number of hydrogen-bond acceptors (Lipinski definition) is 3. The van der Waals surface area contributed by atoms with E-state index < -0.39 is 0 Å². The van der Waals surface area contributed by atoms with Gasteiger partial charge in [-0.2, -0.15) is 0 Å². The van der Waals surface area contributed by atoms with Crippen molar-refractivity contribution in [3.05, 3.63) is 65.7 Å². The van der Waals surface area contributed by atoms with Crippen molar-refractivity contribution in [1.29, 1.82) is 0 Å². The van der Waals surface area contributed by atoms with Crippen LogP contribution in [0.5, 0.6) is 5.75 Å². The van der Waals surface area contributed by atoms with E-state index in [2.05, 4.69) is 5.32 Å². The molecule has 0 spiro atoms. The van der Waals surface area contributed by atoms with Crippen LogP contribution in [0.2, 0.25) is 0 Å². The predicted octanol–water partition coefficient (Wildman–Crippen LogP) is 2.98. The van der Waals surface area contributed by atoms with E-state index in [9.17, 15) is 4.79 Å². The van der Waals surface area contributed by atoms with Gasteiger partial charge >= 0.3 is 6.03 Å². The van der Waals surface area contributed by atoms with Gasteiger partial charge in [-0.05, 0) is 23.3 Å². The standard InChI is InChI=1S/C19H22N2O3/c1-23-17-9-7-15(8-10-17)13-20-19(22)21-11-12-24-18(14-21)16-5-3-2-4-6-16/h2-10,18H,11-14H2,1H3,(H,20,22)/t18-/m1/s1. The Morgan fingerprint density at radius 3 is 2.67 bits per heavy atom. The maximum atomic E-state index is 12.4. The molecule has 0 aliphatic carbocycles. The first kappa shape index (κ1) is 16.3. The van der Waals surface area contributed by atoms with Gasteiger partial charge in [0.25, 0.3) is 0 Å². The smallest absolute Gasteiger partial charge is 0.317 e. The van der Waals surface area contributed by atoms with Crippen LogP contribution in [-0.2, 0) is 11.3 Å². The number of benzene rings is 2. The highest BCUT2D eigenvalue weighted by molar-refractivity contribution is 5.74. The summed E-state index contributed by atoms with van der Waals surface area (Å²) in [4.78, 5) is 14.2. The summed E-state index contributed by atoms with van der Waals surface area (Å²) in [6.07, 6.45) is -0.0633. The molecule has 1 atom stereocenters. The average molecular weight is 326 g/mol. The monoisotopic (exact) mass is 326 g/mol. The Balaban J connectivity index is 1.54. The van der Waals surface area contributed by atoms with Crippen LogP contribution < -0.4 is 10.1 Å². The molecular weight excluding hydrogens is 304 g/mol. The van der Waals surface area contributed by atoms with Gasteiger partial charge in [0.1, 0.15) is 11.9 Å². The van der Waals surface area contributed by atoms with Crippen LogP contribution in [0.1, 0.15) is 17.2 Å². The van der Waals surface area contributed by atoms with Crippen molar-refractivity contribution in [2.75, 3.05) is 26.8 Å². The van der Waals surface area contributed by atoms with Crippen molar-refractivity contribution in [3.8, 4) is 5.75 Å². The molecule has 1 fully saturated rings. The number of urea groups is 1. The molecule has 1 aliphatic heterocycles. The summed E-state index contributed by atoms with van der Waals surface area (Å²) in [5.41, 5.74) is 2.14. The number of rotatable bonds is 4. The van der Waals surface area contributed by atoms with Crippen LogP contribution in [0.15, 0.2) is 54.6 Å².